The first-order valence-corrected chi connectivity index (χ1v) is 7.28. The highest BCUT2D eigenvalue weighted by Crippen LogP contribution is 2.12. The molecule has 0 saturated carbocycles. The number of hydrogen-bond acceptors (Lipinski definition) is 3. The molecule has 1 amide bonds. The molecule has 2 atom stereocenters. The minimum Gasteiger partial charge on any atom is -0.391 e. The molecule has 1 aromatic carbocycles. The summed E-state index contributed by atoms with van der Waals surface area (Å²) in [6.07, 6.45) is 0.929. The maximum Gasteiger partial charge on any atom is 0.220 e. The zero-order valence-corrected chi connectivity index (χ0v) is 13.5. The minimum absolute atomic E-state index is 0. The van der Waals surface area contributed by atoms with Crippen LogP contribution in [0, 0.1) is 19.8 Å². The van der Waals surface area contributed by atoms with Crippen molar-refractivity contribution >= 4 is 18.3 Å². The molecule has 4 nitrogen and oxygen atoms in total. The molecule has 21 heavy (non-hydrogen) atoms. The van der Waals surface area contributed by atoms with E-state index in [9.17, 15) is 9.90 Å². The van der Waals surface area contributed by atoms with Crippen LogP contribution in [0.15, 0.2) is 18.2 Å². The van der Waals surface area contributed by atoms with Gasteiger partial charge in [0.25, 0.3) is 0 Å². The Hall–Kier alpha value is -1.10. The summed E-state index contributed by atoms with van der Waals surface area (Å²) in [7, 11) is 0. The Labute approximate surface area is 132 Å². The van der Waals surface area contributed by atoms with E-state index >= 15 is 0 Å². The lowest BCUT2D eigenvalue weighted by Crippen LogP contribution is -2.34. The molecule has 118 valence electrons. The summed E-state index contributed by atoms with van der Waals surface area (Å²) in [4.78, 5) is 11.8. The fourth-order valence-corrected chi connectivity index (χ4v) is 2.64. The molecule has 0 spiro atoms. The lowest BCUT2D eigenvalue weighted by atomic mass is 10.0. The smallest absolute Gasteiger partial charge is 0.220 e. The third kappa shape index (κ3) is 5.30. The molecule has 0 aliphatic carbocycles. The van der Waals surface area contributed by atoms with Crippen molar-refractivity contribution in [3.05, 3.63) is 34.9 Å². The zero-order valence-electron chi connectivity index (χ0n) is 12.7. The van der Waals surface area contributed by atoms with Crippen LogP contribution in [-0.4, -0.2) is 36.8 Å². The predicted octanol–water partition coefficient (Wildman–Crippen LogP) is 1.35. The molecule has 1 saturated heterocycles. The van der Waals surface area contributed by atoms with Gasteiger partial charge in [-0.3, -0.25) is 4.79 Å². The number of benzene rings is 1. The number of carbonyl (C=O) groups excluding carboxylic acids is 1. The molecule has 1 heterocycles. The average Bonchev–Trinajstić information content (AvgIpc) is 2.81. The van der Waals surface area contributed by atoms with Gasteiger partial charge in [-0.1, -0.05) is 23.8 Å². The fourth-order valence-electron chi connectivity index (χ4n) is 2.64. The van der Waals surface area contributed by atoms with Crippen LogP contribution in [-0.2, 0) is 11.2 Å². The van der Waals surface area contributed by atoms with Crippen LogP contribution in [0.4, 0.5) is 0 Å². The molecule has 0 radical (unpaired) electrons. The molecule has 2 rings (SSSR count). The van der Waals surface area contributed by atoms with E-state index in [1.165, 1.54) is 16.7 Å². The van der Waals surface area contributed by atoms with Gasteiger partial charge in [0.15, 0.2) is 0 Å². The van der Waals surface area contributed by atoms with Crippen molar-refractivity contribution in [2.75, 3.05) is 19.6 Å². The molecule has 5 heteroatoms. The van der Waals surface area contributed by atoms with E-state index < -0.39 is 0 Å². The maximum atomic E-state index is 11.8. The topological polar surface area (TPSA) is 61.4 Å². The first-order chi connectivity index (χ1) is 9.56. The quantitative estimate of drug-likeness (QED) is 0.769. The van der Waals surface area contributed by atoms with Gasteiger partial charge in [-0.05, 0) is 31.4 Å². The second-order valence-corrected chi connectivity index (χ2v) is 5.72. The van der Waals surface area contributed by atoms with Gasteiger partial charge >= 0.3 is 0 Å². The molecule has 3 N–H and O–H groups in total. The van der Waals surface area contributed by atoms with Crippen molar-refractivity contribution in [1.82, 2.24) is 10.6 Å². The van der Waals surface area contributed by atoms with E-state index in [4.69, 9.17) is 0 Å². The first kappa shape index (κ1) is 18.0. The number of halogens is 1. The number of aryl methyl sites for hydroxylation is 3. The van der Waals surface area contributed by atoms with Crippen LogP contribution in [0.1, 0.15) is 23.1 Å². The summed E-state index contributed by atoms with van der Waals surface area (Å²) in [6, 6.07) is 6.33. The maximum absolute atomic E-state index is 11.8. The Balaban J connectivity index is 0.00000220. The molecule has 1 aliphatic heterocycles. The lowest BCUT2D eigenvalue weighted by molar-refractivity contribution is -0.121. The molecular weight excluding hydrogens is 288 g/mol. The SMILES string of the molecule is Cc1ccc(CCC(=O)NCC2CNCC2O)c(C)c1.Cl. The van der Waals surface area contributed by atoms with Crippen molar-refractivity contribution in [3.8, 4) is 0 Å². The van der Waals surface area contributed by atoms with E-state index in [1.54, 1.807) is 0 Å². The zero-order chi connectivity index (χ0) is 14.5. The summed E-state index contributed by atoms with van der Waals surface area (Å²) in [5.41, 5.74) is 3.72. The van der Waals surface area contributed by atoms with Gasteiger partial charge in [0.1, 0.15) is 0 Å². The highest BCUT2D eigenvalue weighted by molar-refractivity contribution is 5.85. The largest absolute Gasteiger partial charge is 0.391 e. The fraction of sp³-hybridized carbons (Fsp3) is 0.562. The number of hydrogen-bond donors (Lipinski definition) is 3. The Kier molecular flexibility index (Phi) is 7.15. The Bertz CT molecular complexity index is 479. The third-order valence-electron chi connectivity index (χ3n) is 3.99. The molecule has 2 unspecified atom stereocenters. The second kappa shape index (κ2) is 8.37. The van der Waals surface area contributed by atoms with Gasteiger partial charge in [0.2, 0.25) is 5.91 Å². The molecule has 0 aromatic heterocycles. The Morgan fingerprint density at radius 3 is 2.76 bits per heavy atom. The van der Waals surface area contributed by atoms with E-state index in [0.29, 0.717) is 19.5 Å². The van der Waals surface area contributed by atoms with Gasteiger partial charge in [-0.15, -0.1) is 12.4 Å². The summed E-state index contributed by atoms with van der Waals surface area (Å²) >= 11 is 0. The molecule has 1 fully saturated rings. The van der Waals surface area contributed by atoms with Crippen molar-refractivity contribution in [2.45, 2.75) is 32.8 Å². The van der Waals surface area contributed by atoms with E-state index in [0.717, 1.165) is 13.0 Å². The van der Waals surface area contributed by atoms with Crippen molar-refractivity contribution in [2.24, 2.45) is 5.92 Å². The van der Waals surface area contributed by atoms with Gasteiger partial charge in [0.05, 0.1) is 6.10 Å². The van der Waals surface area contributed by atoms with Crippen LogP contribution in [0.2, 0.25) is 0 Å². The number of nitrogens with one attached hydrogen (secondary N) is 2. The number of β-amino-alcohol motifs (C(OH)–C–C–N with tert-alkyl or cyclic N) is 1. The minimum atomic E-state index is -0.338. The molecule has 0 bridgehead atoms. The first-order valence-electron chi connectivity index (χ1n) is 7.28. The number of carbonyl (C=O) groups is 1. The Morgan fingerprint density at radius 1 is 1.38 bits per heavy atom. The Morgan fingerprint density at radius 2 is 2.14 bits per heavy atom. The monoisotopic (exact) mass is 312 g/mol. The molecule has 1 aromatic rings. The summed E-state index contributed by atoms with van der Waals surface area (Å²) in [6.45, 7) is 6.12. The summed E-state index contributed by atoms with van der Waals surface area (Å²) in [5, 5.41) is 15.7. The normalized spacial score (nSPS) is 20.9. The molecular formula is C16H25ClN2O2. The van der Waals surface area contributed by atoms with Crippen LogP contribution in [0.25, 0.3) is 0 Å². The van der Waals surface area contributed by atoms with Crippen LogP contribution >= 0.6 is 12.4 Å². The number of aliphatic hydroxyl groups excluding tert-OH is 1. The van der Waals surface area contributed by atoms with Crippen LogP contribution in [0.5, 0.6) is 0 Å². The third-order valence-corrected chi connectivity index (χ3v) is 3.99. The number of rotatable bonds is 5. The van der Waals surface area contributed by atoms with Gasteiger partial charge in [-0.25, -0.2) is 0 Å². The highest BCUT2D eigenvalue weighted by Gasteiger charge is 2.24. The van der Waals surface area contributed by atoms with Crippen molar-refractivity contribution in [1.29, 1.82) is 0 Å². The number of amides is 1. The van der Waals surface area contributed by atoms with Gasteiger partial charge in [-0.2, -0.15) is 0 Å². The van der Waals surface area contributed by atoms with E-state index in [1.807, 2.05) is 0 Å². The highest BCUT2D eigenvalue weighted by atomic mass is 35.5. The second-order valence-electron chi connectivity index (χ2n) is 5.72. The van der Waals surface area contributed by atoms with Crippen LogP contribution in [0.3, 0.4) is 0 Å². The standard InChI is InChI=1S/C16H24N2O2.ClH/c1-11-3-4-13(12(2)7-11)5-6-16(20)18-9-14-8-17-10-15(14)19;/h3-4,7,14-15,17,19H,5-6,8-10H2,1-2H3,(H,18,20);1H. The van der Waals surface area contributed by atoms with E-state index in [-0.39, 0.29) is 30.3 Å². The van der Waals surface area contributed by atoms with E-state index in [2.05, 4.69) is 42.7 Å². The molecule has 1 aliphatic rings. The van der Waals surface area contributed by atoms with Crippen LogP contribution < -0.4 is 10.6 Å². The van der Waals surface area contributed by atoms with Crippen molar-refractivity contribution < 1.29 is 9.90 Å². The van der Waals surface area contributed by atoms with Crippen molar-refractivity contribution in [3.63, 3.8) is 0 Å². The summed E-state index contributed by atoms with van der Waals surface area (Å²) < 4.78 is 0. The summed E-state index contributed by atoms with van der Waals surface area (Å²) in [5.74, 6) is 0.198. The number of aliphatic hydroxyl groups is 1. The van der Waals surface area contributed by atoms with Gasteiger partial charge in [0, 0.05) is 32.0 Å². The lowest BCUT2D eigenvalue weighted by Gasteiger charge is -2.14. The predicted molar refractivity (Wildman–Crippen MR) is 86.9 cm³/mol. The van der Waals surface area contributed by atoms with Gasteiger partial charge < -0.3 is 15.7 Å². The average molecular weight is 313 g/mol.